The van der Waals surface area contributed by atoms with Crippen molar-refractivity contribution in [3.63, 3.8) is 0 Å². The van der Waals surface area contributed by atoms with Crippen molar-refractivity contribution in [2.45, 2.75) is 4.90 Å². The molecule has 0 aliphatic rings. The summed E-state index contributed by atoms with van der Waals surface area (Å²) in [4.78, 5) is -0.351. The first kappa shape index (κ1) is 19.8. The highest BCUT2D eigenvalue weighted by atomic mass is 79.9. The maximum Gasteiger partial charge on any atom is 0.295 e. The summed E-state index contributed by atoms with van der Waals surface area (Å²) in [5.41, 5.74) is 1.16. The van der Waals surface area contributed by atoms with Crippen molar-refractivity contribution in [1.82, 2.24) is 0 Å². The molecule has 0 radical (unpaired) electrons. The van der Waals surface area contributed by atoms with Crippen LogP contribution in [0.15, 0.2) is 49.7 Å². The van der Waals surface area contributed by atoms with Gasteiger partial charge in [-0.25, -0.2) is 0 Å². The average molecular weight is 493 g/mol. The molecule has 0 bridgehead atoms. The molecule has 0 atom stereocenters. The zero-order chi connectivity index (χ0) is 19.5. The van der Waals surface area contributed by atoms with Crippen molar-refractivity contribution >= 4 is 48.1 Å². The molecule has 2 rings (SSSR count). The standard InChI is InChI=1S/C17H7Br2N3O3S/c18-14-5-11(3-12(8-21)9-22)6-15(19)17(14)13-4-10(7-20)1-2-16(13)26(23,24)25/h1-6H,(H,23,24,25). The van der Waals surface area contributed by atoms with Crippen molar-refractivity contribution < 1.29 is 13.0 Å². The van der Waals surface area contributed by atoms with Crippen molar-refractivity contribution in [1.29, 1.82) is 15.8 Å². The van der Waals surface area contributed by atoms with Crippen LogP contribution in [0.3, 0.4) is 0 Å². The van der Waals surface area contributed by atoms with Crippen LogP contribution < -0.4 is 0 Å². The van der Waals surface area contributed by atoms with Crippen LogP contribution in [0, 0.1) is 34.0 Å². The molecule has 9 heteroatoms. The molecule has 0 aromatic heterocycles. The monoisotopic (exact) mass is 491 g/mol. The second kappa shape index (κ2) is 7.82. The van der Waals surface area contributed by atoms with Gasteiger partial charge in [0, 0.05) is 20.1 Å². The van der Waals surface area contributed by atoms with E-state index in [1.54, 1.807) is 24.3 Å². The molecule has 0 spiro atoms. The molecule has 128 valence electrons. The zero-order valence-electron chi connectivity index (χ0n) is 12.7. The molecule has 0 heterocycles. The first-order valence-corrected chi connectivity index (χ1v) is 9.76. The lowest BCUT2D eigenvalue weighted by atomic mass is 10.0. The van der Waals surface area contributed by atoms with Gasteiger partial charge in [0.15, 0.2) is 0 Å². The van der Waals surface area contributed by atoms with Gasteiger partial charge < -0.3 is 0 Å². The molecule has 2 aromatic rings. The van der Waals surface area contributed by atoms with Gasteiger partial charge in [-0.1, -0.05) is 31.9 Å². The third-order valence-corrected chi connectivity index (χ3v) is 5.43. The minimum atomic E-state index is -4.53. The van der Waals surface area contributed by atoms with E-state index in [-0.39, 0.29) is 21.6 Å². The highest BCUT2D eigenvalue weighted by Crippen LogP contribution is 2.40. The van der Waals surface area contributed by atoms with Crippen LogP contribution in [0.1, 0.15) is 11.1 Å². The second-order valence-electron chi connectivity index (χ2n) is 4.94. The highest BCUT2D eigenvalue weighted by molar-refractivity contribution is 9.11. The number of benzene rings is 2. The summed E-state index contributed by atoms with van der Waals surface area (Å²) in [6.07, 6.45) is 1.37. The van der Waals surface area contributed by atoms with Crippen molar-refractivity contribution in [2.75, 3.05) is 0 Å². The first-order valence-electron chi connectivity index (χ1n) is 6.74. The number of allylic oxidation sites excluding steroid dienone is 1. The normalized spacial score (nSPS) is 10.3. The lowest BCUT2D eigenvalue weighted by Crippen LogP contribution is -2.02. The Labute approximate surface area is 166 Å². The Morgan fingerprint density at radius 1 is 1.04 bits per heavy atom. The summed E-state index contributed by atoms with van der Waals surface area (Å²) in [5, 5.41) is 26.8. The lowest BCUT2D eigenvalue weighted by Gasteiger charge is -2.13. The number of hydrogen-bond acceptors (Lipinski definition) is 5. The van der Waals surface area contributed by atoms with E-state index in [9.17, 15) is 13.0 Å². The van der Waals surface area contributed by atoms with Gasteiger partial charge in [-0.3, -0.25) is 4.55 Å². The summed E-state index contributed by atoms with van der Waals surface area (Å²) >= 11 is 6.66. The van der Waals surface area contributed by atoms with E-state index in [1.165, 1.54) is 18.2 Å². The van der Waals surface area contributed by atoms with E-state index in [0.717, 1.165) is 6.07 Å². The van der Waals surface area contributed by atoms with Crippen LogP contribution in [0.25, 0.3) is 17.2 Å². The van der Waals surface area contributed by atoms with E-state index in [2.05, 4.69) is 31.9 Å². The molecule has 0 aliphatic heterocycles. The van der Waals surface area contributed by atoms with Gasteiger partial charge in [-0.15, -0.1) is 0 Å². The first-order chi connectivity index (χ1) is 12.2. The predicted molar refractivity (Wildman–Crippen MR) is 101 cm³/mol. The van der Waals surface area contributed by atoms with E-state index in [1.807, 2.05) is 6.07 Å². The number of nitrogens with zero attached hydrogens (tertiary/aromatic N) is 3. The third-order valence-electron chi connectivity index (χ3n) is 3.27. The van der Waals surface area contributed by atoms with Crippen molar-refractivity contribution in [2.24, 2.45) is 0 Å². The Balaban J connectivity index is 2.80. The molecule has 0 amide bonds. The molecule has 6 nitrogen and oxygen atoms in total. The van der Waals surface area contributed by atoms with Crippen molar-refractivity contribution in [3.8, 4) is 29.3 Å². The van der Waals surface area contributed by atoms with Gasteiger partial charge in [0.25, 0.3) is 10.1 Å². The van der Waals surface area contributed by atoms with Crippen LogP contribution in [-0.2, 0) is 10.1 Å². The SMILES string of the molecule is N#CC(C#N)=Cc1cc(Br)c(-c2cc(C#N)ccc2S(=O)(=O)O)c(Br)c1. The lowest BCUT2D eigenvalue weighted by molar-refractivity contribution is 0.483. The molecule has 0 fully saturated rings. The highest BCUT2D eigenvalue weighted by Gasteiger charge is 2.21. The Hall–Kier alpha value is -2.48. The molecular formula is C17H7Br2N3O3S. The zero-order valence-corrected chi connectivity index (χ0v) is 16.7. The van der Waals surface area contributed by atoms with Gasteiger partial charge in [-0.05, 0) is 42.0 Å². The van der Waals surface area contributed by atoms with E-state index < -0.39 is 10.1 Å². The number of halogens is 2. The fourth-order valence-electron chi connectivity index (χ4n) is 2.21. The van der Waals surface area contributed by atoms with Crippen LogP contribution in [0.5, 0.6) is 0 Å². The second-order valence-corrected chi connectivity index (χ2v) is 8.04. The summed E-state index contributed by atoms with van der Waals surface area (Å²) < 4.78 is 33.8. The van der Waals surface area contributed by atoms with E-state index in [0.29, 0.717) is 20.1 Å². The molecule has 0 saturated carbocycles. The fraction of sp³-hybridized carbons (Fsp3) is 0. The average Bonchev–Trinajstić information content (AvgIpc) is 2.58. The smallest absolute Gasteiger partial charge is 0.282 e. The molecule has 1 N–H and O–H groups in total. The number of hydrogen-bond donors (Lipinski definition) is 1. The Morgan fingerprint density at radius 3 is 2.08 bits per heavy atom. The fourth-order valence-corrected chi connectivity index (χ4v) is 4.54. The Morgan fingerprint density at radius 2 is 1.62 bits per heavy atom. The molecule has 0 aliphatic carbocycles. The molecule has 0 saturated heterocycles. The molecule has 2 aromatic carbocycles. The van der Waals surface area contributed by atoms with Gasteiger partial charge in [0.2, 0.25) is 0 Å². The maximum atomic E-state index is 11.7. The van der Waals surface area contributed by atoms with Crippen LogP contribution >= 0.6 is 31.9 Å². The summed E-state index contributed by atoms with van der Waals surface area (Å²) in [5.74, 6) is 0. The summed E-state index contributed by atoms with van der Waals surface area (Å²) in [6, 6.07) is 12.4. The number of nitriles is 3. The Kier molecular flexibility index (Phi) is 5.97. The number of rotatable bonds is 3. The van der Waals surface area contributed by atoms with Gasteiger partial charge >= 0.3 is 0 Å². The molecule has 26 heavy (non-hydrogen) atoms. The summed E-state index contributed by atoms with van der Waals surface area (Å²) in [6.45, 7) is 0. The quantitative estimate of drug-likeness (QED) is 0.498. The van der Waals surface area contributed by atoms with E-state index >= 15 is 0 Å². The van der Waals surface area contributed by atoms with Gasteiger partial charge in [0.1, 0.15) is 22.6 Å². The predicted octanol–water partition coefficient (Wildman–Crippen LogP) is 4.43. The maximum absolute atomic E-state index is 11.7. The molecule has 0 unspecified atom stereocenters. The largest absolute Gasteiger partial charge is 0.295 e. The van der Waals surface area contributed by atoms with E-state index in [4.69, 9.17) is 15.8 Å². The van der Waals surface area contributed by atoms with Crippen LogP contribution in [0.2, 0.25) is 0 Å². The van der Waals surface area contributed by atoms with Crippen molar-refractivity contribution in [3.05, 3.63) is 56.0 Å². The topological polar surface area (TPSA) is 126 Å². The summed E-state index contributed by atoms with van der Waals surface area (Å²) in [7, 11) is -4.53. The molecular weight excluding hydrogens is 486 g/mol. The van der Waals surface area contributed by atoms with Crippen LogP contribution in [-0.4, -0.2) is 13.0 Å². The van der Waals surface area contributed by atoms with Crippen LogP contribution in [0.4, 0.5) is 0 Å². The third kappa shape index (κ3) is 4.19. The Bertz CT molecular complexity index is 1130. The van der Waals surface area contributed by atoms with Gasteiger partial charge in [-0.2, -0.15) is 24.2 Å². The van der Waals surface area contributed by atoms with Gasteiger partial charge in [0.05, 0.1) is 11.6 Å². The minimum absolute atomic E-state index is 0.0957. The minimum Gasteiger partial charge on any atom is -0.282 e.